The lowest BCUT2D eigenvalue weighted by Crippen LogP contribution is -2.38. The Morgan fingerprint density at radius 3 is 2.82 bits per heavy atom. The lowest BCUT2D eigenvalue weighted by molar-refractivity contribution is 0.371. The molecule has 2 unspecified atom stereocenters. The third-order valence-electron chi connectivity index (χ3n) is 4.48. The molecule has 17 heavy (non-hydrogen) atoms. The molecule has 1 nitrogen and oxygen atoms in total. The van der Waals surface area contributed by atoms with Crippen LogP contribution in [0.15, 0.2) is 11.6 Å². The van der Waals surface area contributed by atoms with Gasteiger partial charge in [-0.2, -0.15) is 0 Å². The summed E-state index contributed by atoms with van der Waals surface area (Å²) < 4.78 is 0. The molecular weight excluding hydrogens is 206 g/mol. The van der Waals surface area contributed by atoms with E-state index in [2.05, 4.69) is 25.2 Å². The van der Waals surface area contributed by atoms with Gasteiger partial charge in [0.05, 0.1) is 0 Å². The van der Waals surface area contributed by atoms with E-state index in [4.69, 9.17) is 0 Å². The number of rotatable bonds is 6. The van der Waals surface area contributed by atoms with Crippen molar-refractivity contribution in [2.24, 2.45) is 11.8 Å². The van der Waals surface area contributed by atoms with Gasteiger partial charge in [0, 0.05) is 6.04 Å². The van der Waals surface area contributed by atoms with Crippen molar-refractivity contribution in [2.45, 2.75) is 71.3 Å². The molecule has 0 aromatic carbocycles. The predicted molar refractivity (Wildman–Crippen MR) is 75.1 cm³/mol. The smallest absolute Gasteiger partial charge is 0.0307 e. The maximum absolute atomic E-state index is 3.82. The molecule has 0 aromatic heterocycles. The highest BCUT2D eigenvalue weighted by atomic mass is 14.9. The Balaban J connectivity index is 1.98. The highest BCUT2D eigenvalue weighted by molar-refractivity contribution is 5.15. The molecule has 1 saturated carbocycles. The minimum Gasteiger partial charge on any atom is -0.310 e. The van der Waals surface area contributed by atoms with Gasteiger partial charge in [0.15, 0.2) is 0 Å². The minimum absolute atomic E-state index is 0.681. The molecule has 0 saturated heterocycles. The summed E-state index contributed by atoms with van der Waals surface area (Å²) >= 11 is 0. The Hall–Kier alpha value is -0.300. The summed E-state index contributed by atoms with van der Waals surface area (Å²) in [7, 11) is 0. The molecule has 0 spiro atoms. The third kappa shape index (κ3) is 3.84. The van der Waals surface area contributed by atoms with Crippen molar-refractivity contribution in [2.75, 3.05) is 6.54 Å². The summed E-state index contributed by atoms with van der Waals surface area (Å²) in [4.78, 5) is 0. The summed E-state index contributed by atoms with van der Waals surface area (Å²) in [6.45, 7) is 5.92. The quantitative estimate of drug-likeness (QED) is 0.677. The van der Waals surface area contributed by atoms with Crippen molar-refractivity contribution in [3.8, 4) is 0 Å². The fraction of sp³-hybridized carbons (Fsp3) is 0.875. The van der Waals surface area contributed by atoms with Gasteiger partial charge in [-0.05, 0) is 63.3 Å². The van der Waals surface area contributed by atoms with Gasteiger partial charge in [-0.15, -0.1) is 0 Å². The van der Waals surface area contributed by atoms with Crippen molar-refractivity contribution < 1.29 is 0 Å². The minimum atomic E-state index is 0.681. The molecule has 0 aliphatic heterocycles. The topological polar surface area (TPSA) is 12.0 Å². The van der Waals surface area contributed by atoms with Crippen molar-refractivity contribution in [1.29, 1.82) is 0 Å². The zero-order valence-electron chi connectivity index (χ0n) is 11.7. The van der Waals surface area contributed by atoms with Crippen molar-refractivity contribution >= 4 is 0 Å². The number of nitrogens with one attached hydrogen (secondary N) is 1. The van der Waals surface area contributed by atoms with E-state index >= 15 is 0 Å². The van der Waals surface area contributed by atoms with E-state index in [1.54, 1.807) is 5.57 Å². The molecule has 2 atom stereocenters. The van der Waals surface area contributed by atoms with Crippen LogP contribution in [0.25, 0.3) is 0 Å². The average Bonchev–Trinajstić information content (AvgIpc) is 3.17. The Kier molecular flexibility index (Phi) is 5.09. The van der Waals surface area contributed by atoms with Crippen LogP contribution in [0.5, 0.6) is 0 Å². The summed E-state index contributed by atoms with van der Waals surface area (Å²) in [5.74, 6) is 1.86. The highest BCUT2D eigenvalue weighted by Crippen LogP contribution is 2.40. The summed E-state index contributed by atoms with van der Waals surface area (Å²) in [5.41, 5.74) is 1.73. The Labute approximate surface area is 107 Å². The van der Waals surface area contributed by atoms with Crippen LogP contribution in [0.4, 0.5) is 0 Å². The fourth-order valence-corrected chi connectivity index (χ4v) is 3.17. The van der Waals surface area contributed by atoms with Crippen molar-refractivity contribution in [3.05, 3.63) is 11.6 Å². The van der Waals surface area contributed by atoms with E-state index in [9.17, 15) is 0 Å². The zero-order valence-corrected chi connectivity index (χ0v) is 11.7. The van der Waals surface area contributed by atoms with Crippen LogP contribution in [-0.2, 0) is 0 Å². The van der Waals surface area contributed by atoms with E-state index < -0.39 is 0 Å². The van der Waals surface area contributed by atoms with E-state index in [0.717, 1.165) is 11.8 Å². The molecule has 0 bridgehead atoms. The first kappa shape index (κ1) is 13.1. The van der Waals surface area contributed by atoms with E-state index in [-0.39, 0.29) is 0 Å². The Morgan fingerprint density at radius 2 is 2.12 bits per heavy atom. The molecular formula is C16H29N. The van der Waals surface area contributed by atoms with Gasteiger partial charge in [0.1, 0.15) is 0 Å². The number of hydrogen-bond acceptors (Lipinski definition) is 1. The van der Waals surface area contributed by atoms with Gasteiger partial charge in [0.2, 0.25) is 0 Å². The van der Waals surface area contributed by atoms with Gasteiger partial charge in [0.25, 0.3) is 0 Å². The number of hydrogen-bond donors (Lipinski definition) is 1. The van der Waals surface area contributed by atoms with Crippen LogP contribution in [0.1, 0.15) is 65.2 Å². The van der Waals surface area contributed by atoms with Crippen LogP contribution in [0.2, 0.25) is 0 Å². The molecule has 0 radical (unpaired) electrons. The molecule has 1 heteroatoms. The first-order valence-corrected chi connectivity index (χ1v) is 7.75. The molecule has 2 aliphatic carbocycles. The van der Waals surface area contributed by atoms with Gasteiger partial charge in [-0.1, -0.05) is 31.9 Å². The van der Waals surface area contributed by atoms with Crippen LogP contribution in [-0.4, -0.2) is 12.6 Å². The lowest BCUT2D eigenvalue weighted by atomic mass is 9.88. The Morgan fingerprint density at radius 1 is 1.29 bits per heavy atom. The normalized spacial score (nSPS) is 24.9. The first-order valence-electron chi connectivity index (χ1n) is 7.75. The third-order valence-corrected chi connectivity index (χ3v) is 4.48. The van der Waals surface area contributed by atoms with Crippen molar-refractivity contribution in [3.63, 3.8) is 0 Å². The lowest BCUT2D eigenvalue weighted by Gasteiger charge is -2.28. The van der Waals surface area contributed by atoms with Crippen LogP contribution in [0.3, 0.4) is 0 Å². The SMILES string of the molecule is CCCNC(C1=CCCCCC1)C(C)C1CC1. The maximum atomic E-state index is 3.82. The molecule has 0 heterocycles. The van der Waals surface area contributed by atoms with Crippen LogP contribution in [0, 0.1) is 11.8 Å². The Bertz CT molecular complexity index is 252. The van der Waals surface area contributed by atoms with E-state index in [1.807, 2.05) is 0 Å². The standard InChI is InChI=1S/C16H29N/c1-3-12-17-16(13(2)14-10-11-14)15-8-6-4-5-7-9-15/h8,13-14,16-17H,3-7,9-12H2,1-2H3. The van der Waals surface area contributed by atoms with E-state index in [1.165, 1.54) is 57.9 Å². The van der Waals surface area contributed by atoms with E-state index in [0.29, 0.717) is 6.04 Å². The predicted octanol–water partition coefficient (Wildman–Crippen LogP) is 4.29. The second kappa shape index (κ2) is 6.58. The molecule has 2 rings (SSSR count). The van der Waals surface area contributed by atoms with Crippen LogP contribution >= 0.6 is 0 Å². The maximum Gasteiger partial charge on any atom is 0.0307 e. The summed E-state index contributed by atoms with van der Waals surface area (Å²) in [6.07, 6.45) is 13.7. The molecule has 1 N–H and O–H groups in total. The van der Waals surface area contributed by atoms with Crippen LogP contribution < -0.4 is 5.32 Å². The van der Waals surface area contributed by atoms with Crippen molar-refractivity contribution in [1.82, 2.24) is 5.32 Å². The molecule has 98 valence electrons. The highest BCUT2D eigenvalue weighted by Gasteiger charge is 2.34. The zero-order chi connectivity index (χ0) is 12.1. The number of allylic oxidation sites excluding steroid dienone is 1. The molecule has 1 fully saturated rings. The molecule has 0 aromatic rings. The molecule has 0 amide bonds. The second-order valence-corrected chi connectivity index (χ2v) is 6.01. The van der Waals surface area contributed by atoms with Gasteiger partial charge < -0.3 is 5.32 Å². The monoisotopic (exact) mass is 235 g/mol. The largest absolute Gasteiger partial charge is 0.310 e. The van der Waals surface area contributed by atoms with Gasteiger partial charge in [-0.25, -0.2) is 0 Å². The van der Waals surface area contributed by atoms with Gasteiger partial charge >= 0.3 is 0 Å². The first-order chi connectivity index (χ1) is 8.33. The fourth-order valence-electron chi connectivity index (χ4n) is 3.17. The van der Waals surface area contributed by atoms with Gasteiger partial charge in [-0.3, -0.25) is 0 Å². The summed E-state index contributed by atoms with van der Waals surface area (Å²) in [6, 6.07) is 0.681. The second-order valence-electron chi connectivity index (χ2n) is 6.01. The average molecular weight is 235 g/mol. The summed E-state index contributed by atoms with van der Waals surface area (Å²) in [5, 5.41) is 3.82. The molecule has 2 aliphatic rings.